The van der Waals surface area contributed by atoms with Gasteiger partial charge in [-0.1, -0.05) is 6.07 Å². The maximum atomic E-state index is 12.0. The molecule has 0 spiro atoms. The summed E-state index contributed by atoms with van der Waals surface area (Å²) in [6.45, 7) is 6.98. The highest BCUT2D eigenvalue weighted by atomic mass is 16.5. The van der Waals surface area contributed by atoms with Crippen LogP contribution in [-0.4, -0.2) is 30.8 Å². The number of rotatable bonds is 4. The molecule has 0 aromatic heterocycles. The van der Waals surface area contributed by atoms with Crippen molar-refractivity contribution < 1.29 is 14.3 Å². The Labute approximate surface area is 125 Å². The predicted molar refractivity (Wildman–Crippen MR) is 83.5 cm³/mol. The van der Waals surface area contributed by atoms with Crippen LogP contribution in [0.5, 0.6) is 0 Å². The topological polar surface area (TPSA) is 73.6 Å². The van der Waals surface area contributed by atoms with Crippen molar-refractivity contribution in [3.8, 4) is 0 Å². The number of carbonyl (C=O) groups is 1. The summed E-state index contributed by atoms with van der Waals surface area (Å²) in [4.78, 5) is 12.0. The van der Waals surface area contributed by atoms with Gasteiger partial charge in [-0.15, -0.1) is 0 Å². The number of ether oxygens (including phenoxy) is 2. The summed E-state index contributed by atoms with van der Waals surface area (Å²) in [5.74, 6) is -0.349. The van der Waals surface area contributed by atoms with Crippen molar-refractivity contribution in [2.75, 3.05) is 24.3 Å². The molecular formula is C16H24N2O3. The summed E-state index contributed by atoms with van der Waals surface area (Å²) in [6.07, 6.45) is 1.75. The van der Waals surface area contributed by atoms with E-state index in [2.05, 4.69) is 19.2 Å². The van der Waals surface area contributed by atoms with E-state index in [-0.39, 0.29) is 17.6 Å². The molecule has 2 rings (SSSR count). The van der Waals surface area contributed by atoms with E-state index in [4.69, 9.17) is 15.2 Å². The zero-order chi connectivity index (χ0) is 15.5. The quantitative estimate of drug-likeness (QED) is 0.659. The van der Waals surface area contributed by atoms with Crippen LogP contribution >= 0.6 is 0 Å². The van der Waals surface area contributed by atoms with E-state index < -0.39 is 0 Å². The molecule has 0 amide bonds. The van der Waals surface area contributed by atoms with E-state index in [0.29, 0.717) is 30.2 Å². The molecule has 5 nitrogen and oxygen atoms in total. The highest BCUT2D eigenvalue weighted by molar-refractivity contribution is 5.98. The molecule has 0 saturated carbocycles. The lowest BCUT2D eigenvalue weighted by Crippen LogP contribution is -2.40. The second-order valence-corrected chi connectivity index (χ2v) is 5.93. The predicted octanol–water partition coefficient (Wildman–Crippen LogP) is 2.82. The number of para-hydroxylation sites is 1. The van der Waals surface area contributed by atoms with Crippen LogP contribution in [-0.2, 0) is 9.47 Å². The van der Waals surface area contributed by atoms with Crippen LogP contribution in [0.2, 0.25) is 0 Å². The van der Waals surface area contributed by atoms with Gasteiger partial charge in [-0.25, -0.2) is 4.79 Å². The van der Waals surface area contributed by atoms with Gasteiger partial charge in [-0.2, -0.15) is 0 Å². The average molecular weight is 292 g/mol. The van der Waals surface area contributed by atoms with E-state index in [1.165, 1.54) is 0 Å². The number of nitrogens with two attached hydrogens (primary N) is 1. The van der Waals surface area contributed by atoms with Gasteiger partial charge in [0.05, 0.1) is 29.1 Å². The van der Waals surface area contributed by atoms with Crippen molar-refractivity contribution in [2.45, 2.75) is 45.3 Å². The van der Waals surface area contributed by atoms with Crippen LogP contribution in [0.15, 0.2) is 18.2 Å². The van der Waals surface area contributed by atoms with Crippen molar-refractivity contribution in [3.63, 3.8) is 0 Å². The van der Waals surface area contributed by atoms with Crippen molar-refractivity contribution in [1.82, 2.24) is 0 Å². The molecule has 1 aliphatic heterocycles. The third kappa shape index (κ3) is 3.88. The molecular weight excluding hydrogens is 268 g/mol. The fourth-order valence-electron chi connectivity index (χ4n) is 2.67. The van der Waals surface area contributed by atoms with Crippen molar-refractivity contribution in [3.05, 3.63) is 23.8 Å². The van der Waals surface area contributed by atoms with E-state index in [9.17, 15) is 4.79 Å². The number of carbonyl (C=O) groups excluding carboxylic acids is 1. The highest BCUT2D eigenvalue weighted by Gasteiger charge is 2.29. The molecule has 1 heterocycles. The van der Waals surface area contributed by atoms with Crippen molar-refractivity contribution >= 4 is 17.3 Å². The van der Waals surface area contributed by atoms with Crippen LogP contribution < -0.4 is 11.1 Å². The third-order valence-corrected chi connectivity index (χ3v) is 3.64. The molecule has 1 aromatic carbocycles. The van der Waals surface area contributed by atoms with Gasteiger partial charge in [0.15, 0.2) is 0 Å². The molecule has 1 aromatic rings. The average Bonchev–Trinajstić information content (AvgIpc) is 2.40. The van der Waals surface area contributed by atoms with E-state index in [0.717, 1.165) is 12.8 Å². The monoisotopic (exact) mass is 292 g/mol. The second-order valence-electron chi connectivity index (χ2n) is 5.93. The van der Waals surface area contributed by atoms with Crippen LogP contribution in [0.25, 0.3) is 0 Å². The van der Waals surface area contributed by atoms with Gasteiger partial charge in [0.25, 0.3) is 0 Å². The summed E-state index contributed by atoms with van der Waals surface area (Å²) in [6, 6.07) is 5.52. The lowest BCUT2D eigenvalue weighted by Gasteiger charge is -2.36. The first kappa shape index (κ1) is 15.6. The normalized spacial score (nSPS) is 20.8. The fraction of sp³-hybridized carbons (Fsp3) is 0.562. The lowest BCUT2D eigenvalue weighted by atomic mass is 9.93. The molecule has 3 N–H and O–H groups in total. The van der Waals surface area contributed by atoms with E-state index in [1.54, 1.807) is 25.1 Å². The smallest absolute Gasteiger partial charge is 0.340 e. The number of nitrogen functional groups attached to an aromatic ring is 1. The number of hydrogen-bond acceptors (Lipinski definition) is 5. The number of hydrogen-bond donors (Lipinski definition) is 2. The molecule has 1 aliphatic rings. The number of benzene rings is 1. The van der Waals surface area contributed by atoms with Gasteiger partial charge in [0.2, 0.25) is 0 Å². The minimum Gasteiger partial charge on any atom is -0.462 e. The molecule has 21 heavy (non-hydrogen) atoms. The fourth-order valence-corrected chi connectivity index (χ4v) is 2.67. The molecule has 0 radical (unpaired) electrons. The highest BCUT2D eigenvalue weighted by Crippen LogP contribution is 2.30. The van der Waals surface area contributed by atoms with Crippen LogP contribution in [0.4, 0.5) is 11.4 Å². The summed E-state index contributed by atoms with van der Waals surface area (Å²) in [5.41, 5.74) is 7.59. The molecule has 0 bridgehead atoms. The zero-order valence-corrected chi connectivity index (χ0v) is 12.9. The third-order valence-electron chi connectivity index (χ3n) is 3.64. The molecule has 0 aliphatic carbocycles. The van der Waals surface area contributed by atoms with Crippen molar-refractivity contribution in [2.24, 2.45) is 0 Å². The SMILES string of the molecule is CCOC(=O)c1cccc(N)c1NC1CCOC(C)(C)C1. The Morgan fingerprint density at radius 1 is 1.52 bits per heavy atom. The van der Waals surface area contributed by atoms with Gasteiger partial charge < -0.3 is 20.5 Å². The maximum absolute atomic E-state index is 12.0. The first-order chi connectivity index (χ1) is 9.93. The Balaban J connectivity index is 2.20. The zero-order valence-electron chi connectivity index (χ0n) is 12.9. The van der Waals surface area contributed by atoms with Gasteiger partial charge >= 0.3 is 5.97 Å². The first-order valence-electron chi connectivity index (χ1n) is 7.39. The summed E-state index contributed by atoms with van der Waals surface area (Å²) in [7, 11) is 0. The van der Waals surface area contributed by atoms with Crippen LogP contribution in [0, 0.1) is 0 Å². The Bertz CT molecular complexity index is 514. The lowest BCUT2D eigenvalue weighted by molar-refractivity contribution is -0.0553. The molecule has 116 valence electrons. The van der Waals surface area contributed by atoms with Crippen molar-refractivity contribution in [1.29, 1.82) is 0 Å². The minimum atomic E-state index is -0.349. The molecule has 5 heteroatoms. The summed E-state index contributed by atoms with van der Waals surface area (Å²) in [5, 5.41) is 3.41. The van der Waals surface area contributed by atoms with Gasteiger partial charge in [0.1, 0.15) is 0 Å². The molecule has 1 unspecified atom stereocenters. The van der Waals surface area contributed by atoms with Gasteiger partial charge in [0, 0.05) is 12.6 Å². The Morgan fingerprint density at radius 3 is 2.95 bits per heavy atom. The van der Waals surface area contributed by atoms with Gasteiger partial charge in [-0.05, 0) is 45.7 Å². The first-order valence-corrected chi connectivity index (χ1v) is 7.39. The standard InChI is InChI=1S/C16H24N2O3/c1-4-20-15(19)12-6-5-7-13(17)14(12)18-11-8-9-21-16(2,3)10-11/h5-7,11,18H,4,8-10,17H2,1-3H3. The second kappa shape index (κ2) is 6.35. The molecule has 1 fully saturated rings. The Morgan fingerprint density at radius 2 is 2.29 bits per heavy atom. The van der Waals surface area contributed by atoms with Gasteiger partial charge in [-0.3, -0.25) is 0 Å². The number of esters is 1. The maximum Gasteiger partial charge on any atom is 0.340 e. The summed E-state index contributed by atoms with van der Waals surface area (Å²) < 4.78 is 10.8. The molecule has 1 saturated heterocycles. The number of nitrogens with one attached hydrogen (secondary N) is 1. The Hall–Kier alpha value is -1.75. The van der Waals surface area contributed by atoms with E-state index in [1.807, 2.05) is 0 Å². The van der Waals surface area contributed by atoms with Crippen LogP contribution in [0.1, 0.15) is 44.0 Å². The number of anilines is 2. The largest absolute Gasteiger partial charge is 0.462 e. The Kier molecular flexibility index (Phi) is 4.73. The van der Waals surface area contributed by atoms with Crippen LogP contribution in [0.3, 0.4) is 0 Å². The minimum absolute atomic E-state index is 0.163. The molecule has 1 atom stereocenters. The summed E-state index contributed by atoms with van der Waals surface area (Å²) >= 11 is 0. The van der Waals surface area contributed by atoms with E-state index >= 15 is 0 Å².